The molecule has 1 N–H and O–H groups in total. The lowest BCUT2D eigenvalue weighted by atomic mass is 10.0. The van der Waals surface area contributed by atoms with Gasteiger partial charge >= 0.3 is 0 Å². The number of carbonyl (C=O) groups is 1. The number of hydrogen-bond donors (Lipinski definition) is 1. The van der Waals surface area contributed by atoms with Crippen molar-refractivity contribution >= 4 is 5.91 Å². The van der Waals surface area contributed by atoms with E-state index in [1.54, 1.807) is 0 Å². The Bertz CT molecular complexity index is 421. The summed E-state index contributed by atoms with van der Waals surface area (Å²) in [5, 5.41) is 3.26. The van der Waals surface area contributed by atoms with E-state index < -0.39 is 0 Å². The monoisotopic (exact) mass is 260 g/mol. The van der Waals surface area contributed by atoms with Gasteiger partial charge in [0, 0.05) is 19.6 Å². The van der Waals surface area contributed by atoms with Crippen LogP contribution >= 0.6 is 0 Å². The van der Waals surface area contributed by atoms with E-state index in [1.807, 2.05) is 11.9 Å². The molecule has 1 aromatic rings. The molecule has 1 aromatic carbocycles. The fourth-order valence-electron chi connectivity index (χ4n) is 2.57. The lowest BCUT2D eigenvalue weighted by Crippen LogP contribution is -2.40. The van der Waals surface area contributed by atoms with E-state index in [2.05, 4.69) is 43.4 Å². The average Bonchev–Trinajstić information content (AvgIpc) is 2.93. The van der Waals surface area contributed by atoms with Crippen molar-refractivity contribution in [2.24, 2.45) is 5.92 Å². The topological polar surface area (TPSA) is 32.3 Å². The molecule has 19 heavy (non-hydrogen) atoms. The summed E-state index contributed by atoms with van der Waals surface area (Å²) in [6.07, 6.45) is 1.89. The van der Waals surface area contributed by atoms with E-state index in [4.69, 9.17) is 0 Å². The van der Waals surface area contributed by atoms with Crippen molar-refractivity contribution in [3.05, 3.63) is 35.4 Å². The molecule has 0 spiro atoms. The van der Waals surface area contributed by atoms with Gasteiger partial charge in [-0.3, -0.25) is 4.79 Å². The average molecular weight is 260 g/mol. The maximum atomic E-state index is 12.3. The van der Waals surface area contributed by atoms with E-state index in [1.165, 1.54) is 11.1 Å². The van der Waals surface area contributed by atoms with Crippen LogP contribution in [0.5, 0.6) is 0 Å². The molecule has 1 heterocycles. The third kappa shape index (κ3) is 3.57. The van der Waals surface area contributed by atoms with Crippen molar-refractivity contribution in [3.63, 3.8) is 0 Å². The number of hydrogen-bond acceptors (Lipinski definition) is 2. The molecule has 1 aliphatic heterocycles. The minimum atomic E-state index is 0.172. The molecule has 2 rings (SSSR count). The van der Waals surface area contributed by atoms with Crippen molar-refractivity contribution in [1.82, 2.24) is 10.2 Å². The maximum Gasteiger partial charge on any atom is 0.227 e. The second-order valence-corrected chi connectivity index (χ2v) is 5.68. The van der Waals surface area contributed by atoms with Gasteiger partial charge in [-0.1, -0.05) is 29.8 Å². The summed E-state index contributed by atoms with van der Waals surface area (Å²) < 4.78 is 0. The van der Waals surface area contributed by atoms with E-state index in [9.17, 15) is 4.79 Å². The van der Waals surface area contributed by atoms with Crippen LogP contribution < -0.4 is 5.32 Å². The number of rotatable bonds is 4. The molecule has 3 nitrogen and oxygen atoms in total. The van der Waals surface area contributed by atoms with Crippen LogP contribution in [0.2, 0.25) is 0 Å². The Hall–Kier alpha value is -1.35. The van der Waals surface area contributed by atoms with E-state index in [0.29, 0.717) is 0 Å². The third-order valence-corrected chi connectivity index (χ3v) is 4.07. The number of aryl methyl sites for hydroxylation is 1. The quantitative estimate of drug-likeness (QED) is 0.898. The fraction of sp³-hybridized carbons (Fsp3) is 0.562. The molecule has 1 saturated heterocycles. The Morgan fingerprint density at radius 2 is 2.11 bits per heavy atom. The second-order valence-electron chi connectivity index (χ2n) is 5.68. The van der Waals surface area contributed by atoms with Gasteiger partial charge in [0.2, 0.25) is 5.91 Å². The third-order valence-electron chi connectivity index (χ3n) is 4.07. The molecule has 3 heteroatoms. The maximum absolute atomic E-state index is 12.3. The number of nitrogens with one attached hydrogen (secondary N) is 1. The van der Waals surface area contributed by atoms with Crippen LogP contribution in [-0.2, 0) is 11.2 Å². The minimum Gasteiger partial charge on any atom is -0.342 e. The standard InChI is InChI=1S/C16H24N2O/c1-12-4-6-14(7-5-12)10-13(2)18(3)16(19)15-8-9-17-11-15/h4-7,13,15,17H,8-11H2,1-3H3. The summed E-state index contributed by atoms with van der Waals surface area (Å²) in [5.74, 6) is 0.454. The molecule has 0 aromatic heterocycles. The molecule has 0 bridgehead atoms. The van der Waals surface area contributed by atoms with Crippen molar-refractivity contribution in [2.75, 3.05) is 20.1 Å². The molecular weight excluding hydrogens is 236 g/mol. The van der Waals surface area contributed by atoms with Crippen molar-refractivity contribution in [1.29, 1.82) is 0 Å². The molecule has 0 radical (unpaired) electrons. The Kier molecular flexibility index (Phi) is 4.59. The molecule has 104 valence electrons. The van der Waals surface area contributed by atoms with Crippen LogP contribution in [0.3, 0.4) is 0 Å². The Labute approximate surface area is 116 Å². The number of carbonyl (C=O) groups excluding carboxylic acids is 1. The first-order chi connectivity index (χ1) is 9.08. The Morgan fingerprint density at radius 3 is 2.68 bits per heavy atom. The van der Waals surface area contributed by atoms with Gasteiger partial charge in [-0.25, -0.2) is 0 Å². The summed E-state index contributed by atoms with van der Waals surface area (Å²) in [6, 6.07) is 8.81. The zero-order chi connectivity index (χ0) is 13.8. The first-order valence-corrected chi connectivity index (χ1v) is 7.11. The number of nitrogens with zero attached hydrogens (tertiary/aromatic N) is 1. The molecule has 2 atom stereocenters. The molecule has 1 fully saturated rings. The molecule has 0 saturated carbocycles. The summed E-state index contributed by atoms with van der Waals surface area (Å²) in [7, 11) is 1.93. The predicted octanol–water partition coefficient (Wildman–Crippen LogP) is 1.99. The van der Waals surface area contributed by atoms with Crippen LogP contribution in [0.1, 0.15) is 24.5 Å². The summed E-state index contributed by atoms with van der Waals surface area (Å²) in [5.41, 5.74) is 2.57. The highest BCUT2D eigenvalue weighted by Crippen LogP contribution is 2.15. The highest BCUT2D eigenvalue weighted by Gasteiger charge is 2.27. The van der Waals surface area contributed by atoms with Gasteiger partial charge in [0.1, 0.15) is 0 Å². The van der Waals surface area contributed by atoms with Gasteiger partial charge in [-0.15, -0.1) is 0 Å². The number of likely N-dealkylation sites (N-methyl/N-ethyl adjacent to an activating group) is 1. The van der Waals surface area contributed by atoms with Crippen LogP contribution in [0.4, 0.5) is 0 Å². The van der Waals surface area contributed by atoms with Gasteiger partial charge in [0.15, 0.2) is 0 Å². The first-order valence-electron chi connectivity index (χ1n) is 7.11. The number of amides is 1. The molecule has 0 aliphatic carbocycles. The fourth-order valence-corrected chi connectivity index (χ4v) is 2.57. The normalized spacial score (nSPS) is 20.3. The second kappa shape index (κ2) is 6.20. The Balaban J connectivity index is 1.92. The van der Waals surface area contributed by atoms with Crippen LogP contribution in [0, 0.1) is 12.8 Å². The van der Waals surface area contributed by atoms with Crippen molar-refractivity contribution in [3.8, 4) is 0 Å². The summed E-state index contributed by atoms with van der Waals surface area (Å²) in [6.45, 7) is 6.02. The van der Waals surface area contributed by atoms with Gasteiger partial charge < -0.3 is 10.2 Å². The first kappa shape index (κ1) is 14.1. The highest BCUT2D eigenvalue weighted by atomic mass is 16.2. The lowest BCUT2D eigenvalue weighted by molar-refractivity contribution is -0.135. The molecule has 1 aliphatic rings. The van der Waals surface area contributed by atoms with E-state index in [0.717, 1.165) is 25.9 Å². The van der Waals surface area contributed by atoms with E-state index in [-0.39, 0.29) is 17.9 Å². The molecule has 1 amide bonds. The zero-order valence-electron chi connectivity index (χ0n) is 12.1. The largest absolute Gasteiger partial charge is 0.342 e. The minimum absolute atomic E-state index is 0.172. The highest BCUT2D eigenvalue weighted by molar-refractivity contribution is 5.79. The Morgan fingerprint density at radius 1 is 1.42 bits per heavy atom. The number of benzene rings is 1. The van der Waals surface area contributed by atoms with Gasteiger partial charge in [0.05, 0.1) is 5.92 Å². The van der Waals surface area contributed by atoms with Gasteiger partial charge in [-0.05, 0) is 38.8 Å². The van der Waals surface area contributed by atoms with E-state index >= 15 is 0 Å². The summed E-state index contributed by atoms with van der Waals surface area (Å²) >= 11 is 0. The van der Waals surface area contributed by atoms with Crippen LogP contribution in [0.15, 0.2) is 24.3 Å². The zero-order valence-corrected chi connectivity index (χ0v) is 12.1. The van der Waals surface area contributed by atoms with Crippen molar-refractivity contribution in [2.45, 2.75) is 32.7 Å². The summed E-state index contributed by atoms with van der Waals surface area (Å²) in [4.78, 5) is 14.2. The molecular formula is C16H24N2O. The van der Waals surface area contributed by atoms with Gasteiger partial charge in [-0.2, -0.15) is 0 Å². The SMILES string of the molecule is Cc1ccc(CC(C)N(C)C(=O)C2CCNC2)cc1. The smallest absolute Gasteiger partial charge is 0.227 e. The lowest BCUT2D eigenvalue weighted by Gasteiger charge is -2.27. The van der Waals surface area contributed by atoms with Crippen LogP contribution in [0.25, 0.3) is 0 Å². The van der Waals surface area contributed by atoms with Crippen LogP contribution in [-0.4, -0.2) is 37.0 Å². The van der Waals surface area contributed by atoms with Crippen molar-refractivity contribution < 1.29 is 4.79 Å². The van der Waals surface area contributed by atoms with Gasteiger partial charge in [0.25, 0.3) is 0 Å². The molecule has 2 unspecified atom stereocenters. The predicted molar refractivity (Wildman–Crippen MR) is 78.1 cm³/mol.